The molecule has 0 aliphatic carbocycles. The van der Waals surface area contributed by atoms with Gasteiger partial charge < -0.3 is 20.1 Å². The van der Waals surface area contributed by atoms with Crippen molar-refractivity contribution >= 4 is 23.8 Å². The molecule has 0 aliphatic rings. The molecular formula is C35H62N2O6. The zero-order valence-electron chi connectivity index (χ0n) is 28.2. The van der Waals surface area contributed by atoms with Gasteiger partial charge in [0.25, 0.3) is 0 Å². The van der Waals surface area contributed by atoms with E-state index in [9.17, 15) is 19.2 Å². The molecule has 0 rings (SSSR count). The van der Waals surface area contributed by atoms with Gasteiger partial charge in [-0.15, -0.1) is 0 Å². The minimum Gasteiger partial charge on any atom is -0.466 e. The van der Waals surface area contributed by atoms with Crippen molar-refractivity contribution in [1.29, 1.82) is 0 Å². The maximum atomic E-state index is 12.0. The van der Waals surface area contributed by atoms with Crippen LogP contribution in [0.25, 0.3) is 0 Å². The lowest BCUT2D eigenvalue weighted by atomic mass is 10.0. The summed E-state index contributed by atoms with van der Waals surface area (Å²) in [5.74, 6) is 0.126. The second-order valence-electron chi connectivity index (χ2n) is 12.4. The molecule has 0 saturated heterocycles. The van der Waals surface area contributed by atoms with E-state index >= 15 is 0 Å². The van der Waals surface area contributed by atoms with Crippen molar-refractivity contribution in [2.45, 2.75) is 138 Å². The van der Waals surface area contributed by atoms with Crippen LogP contribution >= 0.6 is 0 Å². The normalized spacial score (nSPS) is 12.0. The van der Waals surface area contributed by atoms with Gasteiger partial charge in [0.05, 0.1) is 26.1 Å². The summed E-state index contributed by atoms with van der Waals surface area (Å²) in [5.41, 5.74) is 2.65. The SMILES string of the molecule is CC(C)=CCCC(C)CCOC(=O)CCC(=O)NCCCCCCCNC(=O)CCC(=O)OCCC(C)CCC=C(C)C. The molecule has 248 valence electrons. The molecule has 0 saturated carbocycles. The first kappa shape index (κ1) is 40.4. The first-order valence-electron chi connectivity index (χ1n) is 16.6. The third-order valence-electron chi connectivity index (χ3n) is 7.28. The van der Waals surface area contributed by atoms with Crippen LogP contribution in [0.4, 0.5) is 0 Å². The van der Waals surface area contributed by atoms with Gasteiger partial charge in [-0.2, -0.15) is 0 Å². The van der Waals surface area contributed by atoms with Gasteiger partial charge in [-0.1, -0.05) is 56.4 Å². The van der Waals surface area contributed by atoms with Crippen LogP contribution in [0.3, 0.4) is 0 Å². The molecule has 0 spiro atoms. The maximum Gasteiger partial charge on any atom is 0.306 e. The predicted molar refractivity (Wildman–Crippen MR) is 174 cm³/mol. The van der Waals surface area contributed by atoms with E-state index < -0.39 is 0 Å². The number of amides is 2. The lowest BCUT2D eigenvalue weighted by Gasteiger charge is -2.11. The maximum absolute atomic E-state index is 12.0. The number of esters is 2. The lowest BCUT2D eigenvalue weighted by Crippen LogP contribution is -2.25. The number of allylic oxidation sites excluding steroid dienone is 4. The van der Waals surface area contributed by atoms with Crippen molar-refractivity contribution in [3.8, 4) is 0 Å². The van der Waals surface area contributed by atoms with E-state index in [0.29, 0.717) is 38.1 Å². The van der Waals surface area contributed by atoms with Gasteiger partial charge in [-0.25, -0.2) is 0 Å². The molecule has 8 heteroatoms. The molecule has 0 bridgehead atoms. The Hall–Kier alpha value is -2.64. The molecule has 2 N–H and O–H groups in total. The standard InChI is InChI=1S/C35H62N2O6/c1-28(2)14-12-16-30(5)22-26-42-34(40)20-18-32(38)36-24-10-8-7-9-11-25-37-33(39)19-21-35(41)43-27-23-31(6)17-13-15-29(3)4/h14-15,30-31H,7-13,16-27H2,1-6H3,(H,36,38)(H,37,39). The molecule has 2 atom stereocenters. The van der Waals surface area contributed by atoms with Gasteiger partial charge in [0.15, 0.2) is 0 Å². The van der Waals surface area contributed by atoms with Crippen LogP contribution in [-0.2, 0) is 28.7 Å². The van der Waals surface area contributed by atoms with E-state index in [1.165, 1.54) is 11.1 Å². The number of carbonyl (C=O) groups excluding carboxylic acids is 4. The summed E-state index contributed by atoms with van der Waals surface area (Å²) in [6.07, 6.45) is 15.7. The Morgan fingerprint density at radius 1 is 0.558 bits per heavy atom. The Morgan fingerprint density at radius 3 is 1.30 bits per heavy atom. The fourth-order valence-corrected chi connectivity index (χ4v) is 4.34. The van der Waals surface area contributed by atoms with Crippen molar-refractivity contribution in [3.63, 3.8) is 0 Å². The summed E-state index contributed by atoms with van der Waals surface area (Å²) < 4.78 is 10.5. The summed E-state index contributed by atoms with van der Waals surface area (Å²) in [6.45, 7) is 14.7. The summed E-state index contributed by atoms with van der Waals surface area (Å²) in [4.78, 5) is 47.7. The van der Waals surface area contributed by atoms with Gasteiger partial charge in [-0.3, -0.25) is 19.2 Å². The smallest absolute Gasteiger partial charge is 0.306 e. The van der Waals surface area contributed by atoms with Crippen molar-refractivity contribution in [2.24, 2.45) is 11.8 Å². The number of hydrogen-bond donors (Lipinski definition) is 2. The molecule has 0 aromatic heterocycles. The molecule has 43 heavy (non-hydrogen) atoms. The number of hydrogen-bond acceptors (Lipinski definition) is 6. The van der Waals surface area contributed by atoms with Crippen molar-refractivity contribution < 1.29 is 28.7 Å². The van der Waals surface area contributed by atoms with Gasteiger partial charge in [0.2, 0.25) is 11.8 Å². The van der Waals surface area contributed by atoms with Crippen molar-refractivity contribution in [2.75, 3.05) is 26.3 Å². The molecular weight excluding hydrogens is 544 g/mol. The van der Waals surface area contributed by atoms with Gasteiger partial charge in [0.1, 0.15) is 0 Å². The van der Waals surface area contributed by atoms with Crippen molar-refractivity contribution in [3.05, 3.63) is 23.3 Å². The first-order chi connectivity index (χ1) is 20.5. The van der Waals surface area contributed by atoms with E-state index in [1.807, 2.05) is 0 Å². The topological polar surface area (TPSA) is 111 Å². The van der Waals surface area contributed by atoms with Gasteiger partial charge in [0, 0.05) is 25.9 Å². The van der Waals surface area contributed by atoms with E-state index in [1.54, 1.807) is 0 Å². The Kier molecular flexibility index (Phi) is 25.3. The average Bonchev–Trinajstić information content (AvgIpc) is 2.93. The molecule has 8 nitrogen and oxygen atoms in total. The van der Waals surface area contributed by atoms with Gasteiger partial charge >= 0.3 is 11.9 Å². The largest absolute Gasteiger partial charge is 0.466 e. The molecule has 0 aromatic carbocycles. The van der Waals surface area contributed by atoms with E-state index in [-0.39, 0.29) is 49.4 Å². The predicted octanol–water partition coefficient (Wildman–Crippen LogP) is 7.36. The Bertz CT molecular complexity index is 775. The molecule has 0 radical (unpaired) electrons. The highest BCUT2D eigenvalue weighted by Crippen LogP contribution is 2.13. The second-order valence-corrected chi connectivity index (χ2v) is 12.4. The average molecular weight is 607 g/mol. The highest BCUT2D eigenvalue weighted by Gasteiger charge is 2.10. The van der Waals surface area contributed by atoms with E-state index in [4.69, 9.17) is 9.47 Å². The molecule has 0 aliphatic heterocycles. The zero-order valence-corrected chi connectivity index (χ0v) is 28.2. The first-order valence-corrected chi connectivity index (χ1v) is 16.6. The Morgan fingerprint density at radius 2 is 0.930 bits per heavy atom. The number of unbranched alkanes of at least 4 members (excludes halogenated alkanes) is 4. The third kappa shape index (κ3) is 29.2. The van der Waals surface area contributed by atoms with E-state index in [2.05, 4.69) is 64.3 Å². The summed E-state index contributed by atoms with van der Waals surface area (Å²) in [7, 11) is 0. The van der Waals surface area contributed by atoms with Gasteiger partial charge in [-0.05, 0) is 90.9 Å². The number of carbonyl (C=O) groups is 4. The fourth-order valence-electron chi connectivity index (χ4n) is 4.34. The van der Waals surface area contributed by atoms with Crippen LogP contribution in [0.2, 0.25) is 0 Å². The van der Waals surface area contributed by atoms with Crippen LogP contribution in [-0.4, -0.2) is 50.1 Å². The molecule has 0 fully saturated rings. The monoisotopic (exact) mass is 606 g/mol. The summed E-state index contributed by atoms with van der Waals surface area (Å²) in [5, 5.41) is 5.73. The molecule has 2 unspecified atom stereocenters. The third-order valence-corrected chi connectivity index (χ3v) is 7.28. The Labute approximate surface area is 262 Å². The van der Waals surface area contributed by atoms with Crippen LogP contribution in [0.5, 0.6) is 0 Å². The van der Waals surface area contributed by atoms with E-state index in [0.717, 1.165) is 70.6 Å². The minimum absolute atomic E-state index is 0.112. The molecule has 2 amide bonds. The zero-order chi connectivity index (χ0) is 32.3. The second kappa shape index (κ2) is 26.9. The summed E-state index contributed by atoms with van der Waals surface area (Å²) >= 11 is 0. The minimum atomic E-state index is -0.315. The highest BCUT2D eigenvalue weighted by molar-refractivity contribution is 5.81. The highest BCUT2D eigenvalue weighted by atomic mass is 16.5. The molecule has 0 heterocycles. The lowest BCUT2D eigenvalue weighted by molar-refractivity contribution is -0.145. The number of nitrogens with one attached hydrogen (secondary N) is 2. The molecule has 0 aromatic rings. The number of ether oxygens (including phenoxy) is 2. The Balaban J connectivity index is 3.60. The van der Waals surface area contributed by atoms with Crippen LogP contribution in [0.15, 0.2) is 23.3 Å². The van der Waals surface area contributed by atoms with Crippen molar-refractivity contribution in [1.82, 2.24) is 10.6 Å². The summed E-state index contributed by atoms with van der Waals surface area (Å²) in [6, 6.07) is 0. The quantitative estimate of drug-likeness (QED) is 0.0605. The van der Waals surface area contributed by atoms with Crippen LogP contribution in [0, 0.1) is 11.8 Å². The van der Waals surface area contributed by atoms with Crippen LogP contribution in [0.1, 0.15) is 138 Å². The fraction of sp³-hybridized carbons (Fsp3) is 0.771. The van der Waals surface area contributed by atoms with Crippen LogP contribution < -0.4 is 10.6 Å². The number of rotatable bonds is 26.